The Labute approximate surface area is 108 Å². The number of nitrogens with zero attached hydrogens (tertiary/aromatic N) is 3. The number of hydrogen-bond acceptors (Lipinski definition) is 2. The Kier molecular flexibility index (Phi) is 5.29. The molecule has 0 spiro atoms. The number of aromatic nitrogens is 2. The van der Waals surface area contributed by atoms with Crippen LogP contribution in [0.5, 0.6) is 0 Å². The molecule has 0 amide bonds. The molecule has 0 saturated carbocycles. The van der Waals surface area contributed by atoms with Crippen LogP contribution in [0.25, 0.3) is 0 Å². The van der Waals surface area contributed by atoms with Gasteiger partial charge in [0.1, 0.15) is 0 Å². The molecule has 0 aliphatic rings. The van der Waals surface area contributed by atoms with Crippen LogP contribution in [0.3, 0.4) is 0 Å². The summed E-state index contributed by atoms with van der Waals surface area (Å²) < 4.78 is 3.20. The van der Waals surface area contributed by atoms with Crippen molar-refractivity contribution in [3.63, 3.8) is 0 Å². The lowest BCUT2D eigenvalue weighted by atomic mass is 10.3. The highest BCUT2D eigenvalue weighted by Crippen LogP contribution is 2.22. The van der Waals surface area contributed by atoms with E-state index in [2.05, 4.69) is 60.5 Å². The Morgan fingerprint density at radius 1 is 1.47 bits per heavy atom. The first-order valence-corrected chi connectivity index (χ1v) is 6.97. The van der Waals surface area contributed by atoms with Gasteiger partial charge >= 0.3 is 0 Å². The summed E-state index contributed by atoms with van der Waals surface area (Å²) >= 11 is 7.05. The fraction of sp³-hybridized carbons (Fsp3) is 0.700. The summed E-state index contributed by atoms with van der Waals surface area (Å²) in [4.78, 5) is 2.28. The van der Waals surface area contributed by atoms with Crippen LogP contribution in [0.2, 0.25) is 0 Å². The molecule has 3 nitrogen and oxygen atoms in total. The van der Waals surface area contributed by atoms with Crippen LogP contribution in [0.15, 0.2) is 4.47 Å². The molecule has 0 radical (unpaired) electrons. The second-order valence-electron chi connectivity index (χ2n) is 3.59. The van der Waals surface area contributed by atoms with Gasteiger partial charge < -0.3 is 0 Å². The Bertz CT molecular complexity index is 323. The van der Waals surface area contributed by atoms with Crippen LogP contribution in [-0.4, -0.2) is 33.6 Å². The Balaban J connectivity index is 2.82. The van der Waals surface area contributed by atoms with E-state index in [1.165, 1.54) is 5.69 Å². The molecule has 0 fully saturated rings. The average Bonchev–Trinajstić information content (AvgIpc) is 2.46. The summed E-state index contributed by atoms with van der Waals surface area (Å²) in [7, 11) is 2.12. The first kappa shape index (κ1) is 13.2. The van der Waals surface area contributed by atoms with E-state index >= 15 is 0 Å². The van der Waals surface area contributed by atoms with Gasteiger partial charge in [0.05, 0.1) is 15.9 Å². The topological polar surface area (TPSA) is 21.1 Å². The first-order valence-electron chi connectivity index (χ1n) is 5.06. The van der Waals surface area contributed by atoms with E-state index < -0.39 is 0 Å². The third-order valence-electron chi connectivity index (χ3n) is 2.34. The van der Waals surface area contributed by atoms with Gasteiger partial charge in [-0.15, -0.1) is 0 Å². The van der Waals surface area contributed by atoms with Gasteiger partial charge in [-0.2, -0.15) is 5.10 Å². The maximum Gasteiger partial charge on any atom is 0.0739 e. The summed E-state index contributed by atoms with van der Waals surface area (Å²) in [5, 5.41) is 5.47. The minimum absolute atomic E-state index is 0.921. The van der Waals surface area contributed by atoms with Crippen molar-refractivity contribution in [3.05, 3.63) is 15.9 Å². The molecule has 1 aromatic rings. The van der Waals surface area contributed by atoms with Crippen LogP contribution in [-0.2, 0) is 13.1 Å². The fourth-order valence-electron chi connectivity index (χ4n) is 1.50. The molecular formula is C10H17Br2N3. The SMILES string of the molecule is CCn1nc(C)c(Br)c1CN(C)CCBr. The van der Waals surface area contributed by atoms with E-state index in [0.29, 0.717) is 0 Å². The predicted octanol–water partition coefficient (Wildman–Crippen LogP) is 2.80. The van der Waals surface area contributed by atoms with Crippen molar-refractivity contribution >= 4 is 31.9 Å². The maximum absolute atomic E-state index is 4.47. The molecule has 0 aromatic carbocycles. The molecule has 86 valence electrons. The molecule has 0 saturated heterocycles. The van der Waals surface area contributed by atoms with Gasteiger partial charge in [0.15, 0.2) is 0 Å². The lowest BCUT2D eigenvalue weighted by Crippen LogP contribution is -2.22. The number of hydrogen-bond donors (Lipinski definition) is 0. The molecule has 15 heavy (non-hydrogen) atoms. The van der Waals surface area contributed by atoms with E-state index in [4.69, 9.17) is 0 Å². The fourth-order valence-corrected chi connectivity index (χ4v) is 2.51. The van der Waals surface area contributed by atoms with Crippen molar-refractivity contribution < 1.29 is 0 Å². The van der Waals surface area contributed by atoms with Crippen molar-refractivity contribution in [3.8, 4) is 0 Å². The number of rotatable bonds is 5. The second kappa shape index (κ2) is 6.01. The van der Waals surface area contributed by atoms with E-state index in [9.17, 15) is 0 Å². The van der Waals surface area contributed by atoms with Gasteiger partial charge in [-0.05, 0) is 36.8 Å². The average molecular weight is 339 g/mol. The predicted molar refractivity (Wildman–Crippen MR) is 70.5 cm³/mol. The van der Waals surface area contributed by atoms with E-state index in [1.807, 2.05) is 6.92 Å². The van der Waals surface area contributed by atoms with Gasteiger partial charge in [-0.3, -0.25) is 9.58 Å². The summed E-state index contributed by atoms with van der Waals surface area (Å²) in [5.74, 6) is 0. The Hall–Kier alpha value is 0.130. The quantitative estimate of drug-likeness (QED) is 0.770. The van der Waals surface area contributed by atoms with Crippen LogP contribution in [0.1, 0.15) is 18.3 Å². The van der Waals surface area contributed by atoms with Crippen LogP contribution >= 0.6 is 31.9 Å². The molecular weight excluding hydrogens is 322 g/mol. The van der Waals surface area contributed by atoms with Crippen LogP contribution in [0.4, 0.5) is 0 Å². The van der Waals surface area contributed by atoms with Crippen LogP contribution < -0.4 is 0 Å². The summed E-state index contributed by atoms with van der Waals surface area (Å²) in [5.41, 5.74) is 2.33. The van der Waals surface area contributed by atoms with Crippen molar-refractivity contribution in [2.45, 2.75) is 26.9 Å². The Morgan fingerprint density at radius 3 is 2.67 bits per heavy atom. The molecule has 1 aromatic heterocycles. The van der Waals surface area contributed by atoms with Gasteiger partial charge in [0.2, 0.25) is 0 Å². The molecule has 0 unspecified atom stereocenters. The highest BCUT2D eigenvalue weighted by molar-refractivity contribution is 9.10. The van der Waals surface area contributed by atoms with Gasteiger partial charge in [-0.1, -0.05) is 15.9 Å². The zero-order valence-electron chi connectivity index (χ0n) is 9.43. The molecule has 5 heteroatoms. The van der Waals surface area contributed by atoms with Crippen molar-refractivity contribution in [2.24, 2.45) is 0 Å². The van der Waals surface area contributed by atoms with Crippen molar-refractivity contribution in [1.29, 1.82) is 0 Å². The highest BCUT2D eigenvalue weighted by atomic mass is 79.9. The summed E-state index contributed by atoms with van der Waals surface area (Å²) in [6.07, 6.45) is 0. The van der Waals surface area contributed by atoms with Crippen LogP contribution in [0, 0.1) is 6.92 Å². The highest BCUT2D eigenvalue weighted by Gasteiger charge is 2.13. The largest absolute Gasteiger partial charge is 0.300 e. The van der Waals surface area contributed by atoms with Gasteiger partial charge in [0.25, 0.3) is 0 Å². The summed E-state index contributed by atoms with van der Waals surface area (Å²) in [6, 6.07) is 0. The van der Waals surface area contributed by atoms with Gasteiger partial charge in [0, 0.05) is 25.0 Å². The molecule has 0 N–H and O–H groups in total. The molecule has 0 aliphatic heterocycles. The second-order valence-corrected chi connectivity index (χ2v) is 5.17. The normalized spacial score (nSPS) is 11.3. The lowest BCUT2D eigenvalue weighted by Gasteiger charge is -2.16. The maximum atomic E-state index is 4.47. The van der Waals surface area contributed by atoms with E-state index in [-0.39, 0.29) is 0 Å². The first-order chi connectivity index (χ1) is 7.10. The van der Waals surface area contributed by atoms with E-state index in [1.54, 1.807) is 0 Å². The zero-order valence-corrected chi connectivity index (χ0v) is 12.6. The Morgan fingerprint density at radius 2 is 2.13 bits per heavy atom. The van der Waals surface area contributed by atoms with Crippen molar-refractivity contribution in [1.82, 2.24) is 14.7 Å². The zero-order chi connectivity index (χ0) is 11.4. The van der Waals surface area contributed by atoms with E-state index in [0.717, 1.165) is 35.1 Å². The smallest absolute Gasteiger partial charge is 0.0739 e. The minimum atomic E-state index is 0.921. The molecule has 0 bridgehead atoms. The standard InChI is InChI=1S/C10H17Br2N3/c1-4-15-9(7-14(3)6-5-11)10(12)8(2)13-15/h4-7H2,1-3H3. The third-order valence-corrected chi connectivity index (χ3v) is 3.72. The molecule has 0 atom stereocenters. The van der Waals surface area contributed by atoms with Crippen molar-refractivity contribution in [2.75, 3.05) is 18.9 Å². The molecule has 0 aliphatic carbocycles. The lowest BCUT2D eigenvalue weighted by molar-refractivity contribution is 0.335. The summed E-state index contributed by atoms with van der Waals surface area (Å²) in [6.45, 7) is 7.04. The number of halogens is 2. The molecule has 1 heterocycles. The molecule has 1 rings (SSSR count). The third kappa shape index (κ3) is 3.29. The van der Waals surface area contributed by atoms with Gasteiger partial charge in [-0.25, -0.2) is 0 Å². The number of aryl methyl sites for hydroxylation is 2. The number of alkyl halides is 1. The minimum Gasteiger partial charge on any atom is -0.300 e. The monoisotopic (exact) mass is 337 g/mol.